The highest BCUT2D eigenvalue weighted by molar-refractivity contribution is 5.96. The van der Waals surface area contributed by atoms with E-state index in [4.69, 9.17) is 0 Å². The van der Waals surface area contributed by atoms with Gasteiger partial charge in [-0.3, -0.25) is 14.1 Å². The summed E-state index contributed by atoms with van der Waals surface area (Å²) in [6, 6.07) is 14.3. The fourth-order valence-corrected chi connectivity index (χ4v) is 4.58. The molecule has 5 heteroatoms. The molecule has 0 bridgehead atoms. The van der Waals surface area contributed by atoms with Crippen molar-refractivity contribution in [2.75, 3.05) is 25.0 Å². The van der Waals surface area contributed by atoms with E-state index in [9.17, 15) is 14.0 Å². The second kappa shape index (κ2) is 11.4. The molecule has 1 aliphatic rings. The van der Waals surface area contributed by atoms with E-state index in [0.717, 1.165) is 49.1 Å². The molecule has 1 aliphatic heterocycles. The number of Topliss-reactive ketones (excluding diaryl/α,β-unsaturated/α-hetero) is 1. The topological polar surface area (TPSA) is 46.2 Å². The van der Waals surface area contributed by atoms with E-state index in [2.05, 4.69) is 17.4 Å². The van der Waals surface area contributed by atoms with Crippen LogP contribution in [0.3, 0.4) is 0 Å². The largest absolute Gasteiger partial charge is 0.326 e. The van der Waals surface area contributed by atoms with Crippen LogP contribution in [0.15, 0.2) is 48.5 Å². The van der Waals surface area contributed by atoms with Gasteiger partial charge in [0.2, 0.25) is 5.91 Å². The van der Waals surface area contributed by atoms with Gasteiger partial charge in [0.15, 0.2) is 5.78 Å². The van der Waals surface area contributed by atoms with Crippen molar-refractivity contribution in [2.24, 2.45) is 5.92 Å². The fourth-order valence-electron chi connectivity index (χ4n) is 4.58. The average molecular weight is 440 g/mol. The number of likely N-dealkylation sites (tertiary alicyclic amines) is 1. The van der Waals surface area contributed by atoms with E-state index in [0.29, 0.717) is 12.0 Å². The number of hydrogen-bond donors (Lipinski definition) is 1. The third-order valence-electron chi connectivity index (χ3n) is 6.49. The van der Waals surface area contributed by atoms with E-state index in [1.165, 1.54) is 37.1 Å². The number of nitrogens with one attached hydrogen (secondary N) is 1. The zero-order valence-electron chi connectivity index (χ0n) is 19.4. The van der Waals surface area contributed by atoms with E-state index in [1.807, 2.05) is 26.0 Å². The first-order valence-corrected chi connectivity index (χ1v) is 12.0. The number of anilines is 1. The molecule has 1 amide bonds. The fraction of sp³-hybridized carbons (Fsp3) is 0.481. The number of quaternary nitrogens is 1. The van der Waals surface area contributed by atoms with E-state index < -0.39 is 0 Å². The molecule has 0 aromatic heterocycles. The molecule has 0 aliphatic carbocycles. The van der Waals surface area contributed by atoms with Gasteiger partial charge in [-0.2, -0.15) is 0 Å². The summed E-state index contributed by atoms with van der Waals surface area (Å²) in [6.07, 6.45) is 6.98. The molecule has 2 aromatic carbocycles. The summed E-state index contributed by atoms with van der Waals surface area (Å²) in [4.78, 5) is 24.4. The van der Waals surface area contributed by atoms with Crippen molar-refractivity contribution >= 4 is 23.1 Å². The standard InChI is InChI=1S/C27H35FN2O2/c1-21(2)27(32)29-24-13-10-14-25(20-24)30(17-7-4-8-18-30)16-6-3-5-15-26(31)22-11-9-12-23(28)19-22/h9-14,19-21H,3-8,15-18H2,1-2H3/p+1. The number of carbonyl (C=O) groups excluding carboxylic acids is 2. The van der Waals surface area contributed by atoms with Crippen molar-refractivity contribution < 1.29 is 14.0 Å². The van der Waals surface area contributed by atoms with Crippen molar-refractivity contribution in [1.29, 1.82) is 0 Å². The molecule has 0 saturated carbocycles. The summed E-state index contributed by atoms with van der Waals surface area (Å²) in [5.41, 5.74) is 2.59. The van der Waals surface area contributed by atoms with Gasteiger partial charge in [0.1, 0.15) is 11.5 Å². The number of unbranched alkanes of at least 4 members (excludes halogenated alkanes) is 2. The minimum absolute atomic E-state index is 0.0139. The van der Waals surface area contributed by atoms with Crippen LogP contribution in [0.5, 0.6) is 0 Å². The predicted molar refractivity (Wildman–Crippen MR) is 129 cm³/mol. The van der Waals surface area contributed by atoms with Gasteiger partial charge in [0.25, 0.3) is 0 Å². The number of ketones is 1. The first kappa shape index (κ1) is 24.1. The van der Waals surface area contributed by atoms with Crippen LogP contribution in [-0.4, -0.2) is 31.3 Å². The van der Waals surface area contributed by atoms with Crippen LogP contribution < -0.4 is 9.80 Å². The van der Waals surface area contributed by atoms with Crippen LogP contribution in [0.4, 0.5) is 15.8 Å². The Bertz CT molecular complexity index is 919. The zero-order valence-corrected chi connectivity index (χ0v) is 19.4. The minimum atomic E-state index is -0.362. The lowest BCUT2D eigenvalue weighted by Crippen LogP contribution is -2.53. The number of hydrogen-bond acceptors (Lipinski definition) is 2. The molecular weight excluding hydrogens is 403 g/mol. The van der Waals surface area contributed by atoms with Crippen LogP contribution in [-0.2, 0) is 4.79 Å². The molecule has 0 atom stereocenters. The number of carbonyl (C=O) groups is 2. The zero-order chi connectivity index (χ0) is 23.0. The summed E-state index contributed by atoms with van der Waals surface area (Å²) in [7, 11) is 0. The van der Waals surface area contributed by atoms with Gasteiger partial charge >= 0.3 is 0 Å². The Hall–Kier alpha value is -2.53. The molecule has 2 aromatic rings. The Kier molecular flexibility index (Phi) is 8.57. The molecule has 0 radical (unpaired) electrons. The first-order chi connectivity index (χ1) is 15.4. The van der Waals surface area contributed by atoms with Crippen molar-refractivity contribution in [3.05, 3.63) is 59.9 Å². The van der Waals surface area contributed by atoms with Gasteiger partial charge in [0.05, 0.1) is 19.6 Å². The van der Waals surface area contributed by atoms with Gasteiger partial charge in [-0.15, -0.1) is 0 Å². The number of rotatable bonds is 10. The number of piperidine rings is 1. The minimum Gasteiger partial charge on any atom is -0.326 e. The lowest BCUT2D eigenvalue weighted by atomic mass is 10.0. The predicted octanol–water partition coefficient (Wildman–Crippen LogP) is 6.35. The smallest absolute Gasteiger partial charge is 0.226 e. The Morgan fingerprint density at radius 2 is 1.72 bits per heavy atom. The Morgan fingerprint density at radius 3 is 2.44 bits per heavy atom. The highest BCUT2D eigenvalue weighted by Crippen LogP contribution is 2.31. The normalized spacial score (nSPS) is 15.5. The van der Waals surface area contributed by atoms with Crippen molar-refractivity contribution in [3.8, 4) is 0 Å². The van der Waals surface area contributed by atoms with Crippen LogP contribution >= 0.6 is 0 Å². The maximum absolute atomic E-state index is 13.3. The number of benzene rings is 2. The Labute approximate surface area is 191 Å². The lowest BCUT2D eigenvalue weighted by molar-refractivity contribution is -0.118. The van der Waals surface area contributed by atoms with Gasteiger partial charge in [0, 0.05) is 29.7 Å². The molecule has 3 rings (SSSR count). The maximum Gasteiger partial charge on any atom is 0.226 e. The summed E-state index contributed by atoms with van der Waals surface area (Å²) < 4.78 is 14.3. The molecule has 32 heavy (non-hydrogen) atoms. The van der Waals surface area contributed by atoms with Crippen LogP contribution in [0.2, 0.25) is 0 Å². The molecule has 0 spiro atoms. The monoisotopic (exact) mass is 439 g/mol. The average Bonchev–Trinajstić information content (AvgIpc) is 2.79. The molecule has 1 heterocycles. The first-order valence-electron chi connectivity index (χ1n) is 12.0. The molecule has 4 nitrogen and oxygen atoms in total. The van der Waals surface area contributed by atoms with E-state index in [1.54, 1.807) is 12.1 Å². The second-order valence-electron chi connectivity index (χ2n) is 9.32. The second-order valence-corrected chi connectivity index (χ2v) is 9.32. The van der Waals surface area contributed by atoms with Crippen molar-refractivity contribution in [1.82, 2.24) is 4.48 Å². The van der Waals surface area contributed by atoms with Crippen molar-refractivity contribution in [3.63, 3.8) is 0 Å². The highest BCUT2D eigenvalue weighted by atomic mass is 19.1. The number of halogens is 1. The van der Waals surface area contributed by atoms with Crippen molar-refractivity contribution in [2.45, 2.75) is 58.8 Å². The van der Waals surface area contributed by atoms with Gasteiger partial charge in [-0.05, 0) is 62.8 Å². The van der Waals surface area contributed by atoms with Gasteiger partial charge < -0.3 is 5.32 Å². The third kappa shape index (κ3) is 6.49. The molecule has 1 fully saturated rings. The molecule has 0 unspecified atom stereocenters. The lowest BCUT2D eigenvalue weighted by Gasteiger charge is -2.41. The number of nitrogens with zero attached hydrogens (tertiary/aromatic N) is 1. The van der Waals surface area contributed by atoms with Crippen LogP contribution in [0.25, 0.3) is 0 Å². The molecule has 1 N–H and O–H groups in total. The third-order valence-corrected chi connectivity index (χ3v) is 6.49. The van der Waals surface area contributed by atoms with Crippen LogP contribution in [0, 0.1) is 11.7 Å². The van der Waals surface area contributed by atoms with Gasteiger partial charge in [-0.25, -0.2) is 4.39 Å². The Morgan fingerprint density at radius 1 is 0.969 bits per heavy atom. The van der Waals surface area contributed by atoms with E-state index >= 15 is 0 Å². The van der Waals surface area contributed by atoms with Crippen LogP contribution in [0.1, 0.15) is 69.2 Å². The summed E-state index contributed by atoms with van der Waals surface area (Å²) in [5, 5.41) is 3.03. The SMILES string of the molecule is CC(C)C(=O)Nc1cccc([N+]2(CCCCCC(=O)c3cccc(F)c3)CCCCC2)c1. The summed E-state index contributed by atoms with van der Waals surface area (Å²) >= 11 is 0. The summed E-state index contributed by atoms with van der Waals surface area (Å²) in [6.45, 7) is 7.07. The summed E-state index contributed by atoms with van der Waals surface area (Å²) in [5.74, 6) is -0.360. The molecular formula is C27H36FN2O2+. The highest BCUT2D eigenvalue weighted by Gasteiger charge is 2.32. The quantitative estimate of drug-likeness (QED) is 0.266. The molecule has 1 saturated heterocycles. The maximum atomic E-state index is 13.3. The van der Waals surface area contributed by atoms with E-state index in [-0.39, 0.29) is 23.4 Å². The Balaban J connectivity index is 1.58. The molecule has 172 valence electrons. The number of amides is 1. The van der Waals surface area contributed by atoms with Gasteiger partial charge in [-0.1, -0.05) is 32.0 Å².